The third-order valence-electron chi connectivity index (χ3n) is 7.00. The molecule has 2 amide bonds. The number of nitriles is 1. The maximum atomic E-state index is 13.5. The zero-order chi connectivity index (χ0) is 27.2. The second-order valence-electron chi connectivity index (χ2n) is 10.8. The maximum Gasteiger partial charge on any atom is 0.272 e. The Hall–Kier alpha value is -2.91. The summed E-state index contributed by atoms with van der Waals surface area (Å²) in [6.45, 7) is 6.34. The number of benzene rings is 1. The molecule has 1 aliphatic heterocycles. The van der Waals surface area contributed by atoms with Gasteiger partial charge in [0.15, 0.2) is 5.69 Å². The fourth-order valence-electron chi connectivity index (χ4n) is 4.96. The van der Waals surface area contributed by atoms with Crippen LogP contribution >= 0.6 is 11.8 Å². The number of amides is 2. The van der Waals surface area contributed by atoms with Crippen LogP contribution in [0.5, 0.6) is 0 Å². The Morgan fingerprint density at radius 3 is 2.54 bits per heavy atom. The standard InChI is InChI=1S/C26H34N6O4S/c1-24(2,23(35)25(3,28)36)37-26(10-11-26)15-32-12-9-18-19(30-31(4)20(18)22(32)34)21(33)29-14-17-7-5-16(13-27)6-8-17/h5-8,23,35-36H,9-12,14-15,28H2,1-4H3,(H,29,33). The molecule has 1 aromatic heterocycles. The van der Waals surface area contributed by atoms with Crippen LogP contribution in [0, 0.1) is 11.3 Å². The predicted molar refractivity (Wildman–Crippen MR) is 140 cm³/mol. The number of rotatable bonds is 9. The lowest BCUT2D eigenvalue weighted by molar-refractivity contribution is -0.0699. The first-order valence-electron chi connectivity index (χ1n) is 12.3. The summed E-state index contributed by atoms with van der Waals surface area (Å²) < 4.78 is 0.542. The minimum atomic E-state index is -1.73. The Morgan fingerprint density at radius 2 is 1.97 bits per heavy atom. The van der Waals surface area contributed by atoms with Crippen molar-refractivity contribution in [2.24, 2.45) is 12.8 Å². The molecule has 4 rings (SSSR count). The van der Waals surface area contributed by atoms with Gasteiger partial charge in [-0.1, -0.05) is 12.1 Å². The van der Waals surface area contributed by atoms with Crippen molar-refractivity contribution in [2.75, 3.05) is 13.1 Å². The minimum absolute atomic E-state index is 0.168. The average Bonchev–Trinajstić information content (AvgIpc) is 3.49. The van der Waals surface area contributed by atoms with Gasteiger partial charge in [-0.05, 0) is 57.7 Å². The molecule has 5 N–H and O–H groups in total. The molecule has 2 atom stereocenters. The number of nitrogens with one attached hydrogen (secondary N) is 1. The van der Waals surface area contributed by atoms with E-state index in [0.717, 1.165) is 18.4 Å². The van der Waals surface area contributed by atoms with Crippen LogP contribution in [0.4, 0.5) is 0 Å². The molecule has 0 bridgehead atoms. The van der Waals surface area contributed by atoms with E-state index in [1.807, 2.05) is 13.8 Å². The van der Waals surface area contributed by atoms with Crippen LogP contribution in [0.25, 0.3) is 0 Å². The summed E-state index contributed by atoms with van der Waals surface area (Å²) >= 11 is 1.56. The van der Waals surface area contributed by atoms with Gasteiger partial charge in [-0.25, -0.2) is 0 Å². The lowest BCUT2D eigenvalue weighted by Crippen LogP contribution is -2.57. The molecule has 2 aliphatic rings. The summed E-state index contributed by atoms with van der Waals surface area (Å²) in [7, 11) is 1.67. The van der Waals surface area contributed by atoms with Crippen molar-refractivity contribution < 1.29 is 19.8 Å². The van der Waals surface area contributed by atoms with Gasteiger partial charge in [-0.2, -0.15) is 10.4 Å². The number of hydrogen-bond acceptors (Lipinski definition) is 8. The van der Waals surface area contributed by atoms with Gasteiger partial charge in [0.1, 0.15) is 17.5 Å². The van der Waals surface area contributed by atoms with Gasteiger partial charge in [-0.3, -0.25) is 14.3 Å². The van der Waals surface area contributed by atoms with E-state index in [2.05, 4.69) is 16.5 Å². The number of nitrogens with two attached hydrogens (primary N) is 1. The van der Waals surface area contributed by atoms with Crippen molar-refractivity contribution in [3.05, 3.63) is 52.3 Å². The molecule has 0 saturated heterocycles. The highest BCUT2D eigenvalue weighted by Gasteiger charge is 2.53. The number of thioether (sulfide) groups is 1. The molecule has 1 aromatic carbocycles. The van der Waals surface area contributed by atoms with Gasteiger partial charge < -0.3 is 26.2 Å². The number of carbonyl (C=O) groups excluding carboxylic acids is 2. The molecular weight excluding hydrogens is 492 g/mol. The zero-order valence-electron chi connectivity index (χ0n) is 21.6. The minimum Gasteiger partial charge on any atom is -0.387 e. The van der Waals surface area contributed by atoms with Crippen molar-refractivity contribution in [3.8, 4) is 6.07 Å². The van der Waals surface area contributed by atoms with Crippen LogP contribution in [0.3, 0.4) is 0 Å². The second kappa shape index (κ2) is 9.76. The third kappa shape index (κ3) is 5.67. The lowest BCUT2D eigenvalue weighted by Gasteiger charge is -2.40. The molecule has 1 saturated carbocycles. The van der Waals surface area contributed by atoms with Crippen LogP contribution in [-0.2, 0) is 20.0 Å². The van der Waals surface area contributed by atoms with Crippen LogP contribution in [0.1, 0.15) is 71.3 Å². The van der Waals surface area contributed by atoms with Crippen molar-refractivity contribution in [1.82, 2.24) is 20.0 Å². The first kappa shape index (κ1) is 27.1. The van der Waals surface area contributed by atoms with E-state index < -0.39 is 16.6 Å². The van der Waals surface area contributed by atoms with E-state index in [4.69, 9.17) is 11.0 Å². The van der Waals surface area contributed by atoms with Gasteiger partial charge in [0, 0.05) is 41.7 Å². The molecular formula is C26H34N6O4S. The number of aliphatic hydroxyl groups excluding tert-OH is 1. The second-order valence-corrected chi connectivity index (χ2v) is 12.9. The highest BCUT2D eigenvalue weighted by Crippen LogP contribution is 2.55. The molecule has 2 aromatic rings. The first-order chi connectivity index (χ1) is 17.3. The smallest absolute Gasteiger partial charge is 0.272 e. The van der Waals surface area contributed by atoms with Gasteiger partial charge in [-0.15, -0.1) is 11.8 Å². The number of aromatic nitrogens is 2. The molecule has 0 radical (unpaired) electrons. The van der Waals surface area contributed by atoms with Crippen molar-refractivity contribution in [1.29, 1.82) is 5.26 Å². The summed E-state index contributed by atoms with van der Waals surface area (Å²) in [6, 6.07) is 9.03. The summed E-state index contributed by atoms with van der Waals surface area (Å²) in [5.41, 5.74) is 6.74. The fourth-order valence-corrected chi connectivity index (χ4v) is 6.96. The Labute approximate surface area is 220 Å². The monoisotopic (exact) mass is 526 g/mol. The predicted octanol–water partition coefficient (Wildman–Crippen LogP) is 1.29. The molecule has 11 heteroatoms. The molecule has 0 spiro atoms. The summed E-state index contributed by atoms with van der Waals surface area (Å²) in [4.78, 5) is 28.2. The summed E-state index contributed by atoms with van der Waals surface area (Å²) in [5, 5.41) is 36.9. The van der Waals surface area contributed by atoms with E-state index >= 15 is 0 Å². The number of hydrogen-bond donors (Lipinski definition) is 4. The topological polar surface area (TPSA) is 158 Å². The molecule has 2 heterocycles. The summed E-state index contributed by atoms with van der Waals surface area (Å²) in [6.07, 6.45) is 1.16. The van der Waals surface area contributed by atoms with E-state index in [0.29, 0.717) is 36.3 Å². The van der Waals surface area contributed by atoms with E-state index in [1.165, 1.54) is 11.6 Å². The van der Waals surface area contributed by atoms with E-state index in [1.54, 1.807) is 48.0 Å². The number of nitrogens with zero attached hydrogens (tertiary/aromatic N) is 4. The highest BCUT2D eigenvalue weighted by atomic mass is 32.2. The van der Waals surface area contributed by atoms with Gasteiger partial charge in [0.05, 0.1) is 11.6 Å². The van der Waals surface area contributed by atoms with Crippen LogP contribution < -0.4 is 11.1 Å². The van der Waals surface area contributed by atoms with Crippen molar-refractivity contribution >= 4 is 23.6 Å². The molecule has 37 heavy (non-hydrogen) atoms. The van der Waals surface area contributed by atoms with Gasteiger partial charge >= 0.3 is 0 Å². The SMILES string of the molecule is Cn1nc(C(=O)NCc2ccc(C#N)cc2)c2c1C(=O)N(CC1(SC(C)(C)C(O)C(C)(N)O)CC1)CC2. The number of carbonyl (C=O) groups is 2. The van der Waals surface area contributed by atoms with E-state index in [-0.39, 0.29) is 28.8 Å². The summed E-state index contributed by atoms with van der Waals surface area (Å²) in [5.74, 6) is -0.514. The highest BCUT2D eigenvalue weighted by molar-refractivity contribution is 8.02. The Bertz CT molecular complexity index is 1240. The molecule has 10 nitrogen and oxygen atoms in total. The van der Waals surface area contributed by atoms with Crippen molar-refractivity contribution in [3.63, 3.8) is 0 Å². The largest absolute Gasteiger partial charge is 0.387 e. The number of aliphatic hydroxyl groups is 2. The Balaban J connectivity index is 1.44. The quantitative estimate of drug-likeness (QED) is 0.356. The molecule has 1 fully saturated rings. The average molecular weight is 527 g/mol. The van der Waals surface area contributed by atoms with Gasteiger partial charge in [0.2, 0.25) is 0 Å². The maximum absolute atomic E-state index is 13.5. The molecule has 198 valence electrons. The zero-order valence-corrected chi connectivity index (χ0v) is 22.4. The normalized spacial score (nSPS) is 19.0. The van der Waals surface area contributed by atoms with E-state index in [9.17, 15) is 19.8 Å². The first-order valence-corrected chi connectivity index (χ1v) is 13.1. The van der Waals surface area contributed by atoms with Gasteiger partial charge in [0.25, 0.3) is 11.8 Å². The number of aryl methyl sites for hydroxylation is 1. The Kier molecular flexibility index (Phi) is 7.16. The third-order valence-corrected chi connectivity index (χ3v) is 8.72. The van der Waals surface area contributed by atoms with Crippen LogP contribution in [0.15, 0.2) is 24.3 Å². The fraction of sp³-hybridized carbons (Fsp3) is 0.538. The Morgan fingerprint density at radius 1 is 1.32 bits per heavy atom. The van der Waals surface area contributed by atoms with Crippen LogP contribution in [0.2, 0.25) is 0 Å². The number of fused-ring (bicyclic) bond motifs is 1. The van der Waals surface area contributed by atoms with Crippen LogP contribution in [-0.4, -0.2) is 71.1 Å². The molecule has 2 unspecified atom stereocenters. The lowest BCUT2D eigenvalue weighted by atomic mass is 9.97. The van der Waals surface area contributed by atoms with Crippen molar-refractivity contribution in [2.45, 2.75) is 67.9 Å². The molecule has 1 aliphatic carbocycles.